The minimum Gasteiger partial charge on any atom is -0.494 e. The zero-order valence-corrected chi connectivity index (χ0v) is 16.8. The van der Waals surface area contributed by atoms with E-state index in [1.807, 2.05) is 35.2 Å². The van der Waals surface area contributed by atoms with Gasteiger partial charge in [0.2, 0.25) is 11.9 Å². The number of aryl methyl sites for hydroxylation is 1. The van der Waals surface area contributed by atoms with Crippen molar-refractivity contribution in [3.63, 3.8) is 0 Å². The minimum atomic E-state index is -0.430. The first-order valence-corrected chi connectivity index (χ1v) is 10.4. The van der Waals surface area contributed by atoms with Gasteiger partial charge in [0.15, 0.2) is 0 Å². The van der Waals surface area contributed by atoms with Crippen LogP contribution in [0.3, 0.4) is 0 Å². The lowest BCUT2D eigenvalue weighted by Crippen LogP contribution is -2.58. The van der Waals surface area contributed by atoms with Crippen molar-refractivity contribution in [3.8, 4) is 5.75 Å². The van der Waals surface area contributed by atoms with Gasteiger partial charge in [-0.1, -0.05) is 42.8 Å². The molecule has 4 rings (SSSR count). The molecule has 2 aromatic rings. The Balaban J connectivity index is 1.46. The van der Waals surface area contributed by atoms with Crippen LogP contribution in [0.5, 0.6) is 5.75 Å². The van der Waals surface area contributed by atoms with Gasteiger partial charge in [-0.15, -0.1) is 0 Å². The van der Waals surface area contributed by atoms with Crippen LogP contribution >= 0.6 is 0 Å². The zero-order chi connectivity index (χ0) is 20.1. The first-order valence-electron chi connectivity index (χ1n) is 10.4. The van der Waals surface area contributed by atoms with E-state index < -0.39 is 5.66 Å². The summed E-state index contributed by atoms with van der Waals surface area (Å²) in [5, 5.41) is 0. The Morgan fingerprint density at radius 1 is 0.966 bits per heavy atom. The highest BCUT2D eigenvalue weighted by Gasteiger charge is 2.42. The molecule has 0 saturated heterocycles. The zero-order valence-electron chi connectivity index (χ0n) is 16.8. The van der Waals surface area contributed by atoms with Crippen LogP contribution in [-0.4, -0.2) is 24.2 Å². The molecule has 152 valence electrons. The van der Waals surface area contributed by atoms with Gasteiger partial charge in [0, 0.05) is 11.8 Å². The van der Waals surface area contributed by atoms with E-state index in [0.29, 0.717) is 12.6 Å². The van der Waals surface area contributed by atoms with Crippen LogP contribution < -0.4 is 21.1 Å². The van der Waals surface area contributed by atoms with Crippen LogP contribution in [-0.2, 0) is 6.42 Å². The molecule has 1 spiro atoms. The maximum absolute atomic E-state index is 6.32. The predicted molar refractivity (Wildman–Crippen MR) is 118 cm³/mol. The molecular weight excluding hydrogens is 362 g/mol. The molecule has 0 aromatic heterocycles. The number of benzene rings is 2. The number of hydrogen-bond acceptors (Lipinski definition) is 6. The summed E-state index contributed by atoms with van der Waals surface area (Å²) >= 11 is 0. The summed E-state index contributed by atoms with van der Waals surface area (Å²) in [4.78, 5) is 11.0. The van der Waals surface area contributed by atoms with Gasteiger partial charge in [-0.3, -0.25) is 4.90 Å². The van der Waals surface area contributed by atoms with Crippen LogP contribution in [0.2, 0.25) is 0 Å². The summed E-state index contributed by atoms with van der Waals surface area (Å²) < 4.78 is 6.02. The van der Waals surface area contributed by atoms with Gasteiger partial charge in [0.1, 0.15) is 11.4 Å². The smallest absolute Gasteiger partial charge is 0.220 e. The number of anilines is 1. The number of rotatable bonds is 6. The Bertz CT molecular complexity index is 887. The minimum absolute atomic E-state index is 0.272. The highest BCUT2D eigenvalue weighted by atomic mass is 16.5. The number of ether oxygens (including phenoxy) is 1. The first kappa shape index (κ1) is 19.3. The second-order valence-corrected chi connectivity index (χ2v) is 7.75. The van der Waals surface area contributed by atoms with Crippen molar-refractivity contribution in [1.29, 1.82) is 0 Å². The molecule has 1 fully saturated rings. The largest absolute Gasteiger partial charge is 0.494 e. The molecule has 1 aliphatic carbocycles. The predicted octanol–water partition coefficient (Wildman–Crippen LogP) is 3.81. The summed E-state index contributed by atoms with van der Waals surface area (Å²) in [6, 6.07) is 18.5. The number of nitrogens with zero attached hydrogens (tertiary/aromatic N) is 3. The molecule has 0 amide bonds. The van der Waals surface area contributed by atoms with E-state index >= 15 is 0 Å². The Morgan fingerprint density at radius 3 is 2.55 bits per heavy atom. The summed E-state index contributed by atoms with van der Waals surface area (Å²) in [6.45, 7) is 0.665. The van der Waals surface area contributed by atoms with Gasteiger partial charge >= 0.3 is 0 Å². The summed E-state index contributed by atoms with van der Waals surface area (Å²) in [5.41, 5.74) is 14.1. The number of nitrogens with two attached hydrogens (primary N) is 2. The van der Waals surface area contributed by atoms with Crippen molar-refractivity contribution in [2.45, 2.75) is 50.6 Å². The van der Waals surface area contributed by atoms with Crippen molar-refractivity contribution >= 4 is 17.6 Å². The van der Waals surface area contributed by atoms with Crippen molar-refractivity contribution in [2.75, 3.05) is 11.5 Å². The maximum atomic E-state index is 6.32. The van der Waals surface area contributed by atoms with E-state index in [0.717, 1.165) is 50.0 Å². The second-order valence-electron chi connectivity index (χ2n) is 7.75. The third kappa shape index (κ3) is 4.36. The molecule has 2 aromatic carbocycles. The molecule has 2 aliphatic rings. The molecule has 0 bridgehead atoms. The molecule has 0 unspecified atom stereocenters. The first-order chi connectivity index (χ1) is 14.2. The van der Waals surface area contributed by atoms with Gasteiger partial charge in [-0.25, -0.2) is 4.99 Å². The van der Waals surface area contributed by atoms with Crippen molar-refractivity contribution in [1.82, 2.24) is 0 Å². The highest BCUT2D eigenvalue weighted by Crippen LogP contribution is 2.40. The van der Waals surface area contributed by atoms with Crippen LogP contribution in [0.15, 0.2) is 64.6 Å². The molecule has 1 saturated carbocycles. The molecule has 29 heavy (non-hydrogen) atoms. The summed E-state index contributed by atoms with van der Waals surface area (Å²) in [7, 11) is 0. The van der Waals surface area contributed by atoms with E-state index in [9.17, 15) is 0 Å². The lowest BCUT2D eigenvalue weighted by Gasteiger charge is -2.45. The van der Waals surface area contributed by atoms with E-state index in [2.05, 4.69) is 29.3 Å². The lowest BCUT2D eigenvalue weighted by molar-refractivity contribution is 0.302. The molecule has 0 radical (unpaired) electrons. The fourth-order valence-electron chi connectivity index (χ4n) is 4.32. The van der Waals surface area contributed by atoms with Crippen LogP contribution in [0.25, 0.3) is 0 Å². The Labute approximate surface area is 172 Å². The quantitative estimate of drug-likeness (QED) is 0.733. The van der Waals surface area contributed by atoms with E-state index in [4.69, 9.17) is 21.2 Å². The van der Waals surface area contributed by atoms with Crippen LogP contribution in [0, 0.1) is 0 Å². The molecule has 0 atom stereocenters. The fraction of sp³-hybridized carbons (Fsp3) is 0.391. The standard InChI is InChI=1S/C23H29N5O/c24-21-26-22(25)28(23(27-21)14-5-2-6-15-23)19-12-7-13-20(17-19)29-16-8-11-18-9-3-1-4-10-18/h1,3-4,7,9-10,12-13,17H,2,5-6,8,11,14-16H2,(H4,24,25,26,27). The second kappa shape index (κ2) is 8.55. The van der Waals surface area contributed by atoms with Crippen molar-refractivity contribution < 1.29 is 4.74 Å². The van der Waals surface area contributed by atoms with Crippen LogP contribution in [0.1, 0.15) is 44.1 Å². The topological polar surface area (TPSA) is 89.2 Å². The Morgan fingerprint density at radius 2 is 1.76 bits per heavy atom. The van der Waals surface area contributed by atoms with Gasteiger partial charge in [-0.2, -0.15) is 4.99 Å². The lowest BCUT2D eigenvalue weighted by atomic mass is 9.87. The summed E-state index contributed by atoms with van der Waals surface area (Å²) in [5.74, 6) is 1.51. The highest BCUT2D eigenvalue weighted by molar-refractivity contribution is 6.05. The van der Waals surface area contributed by atoms with Crippen molar-refractivity contribution in [3.05, 3.63) is 60.2 Å². The molecule has 4 N–H and O–H groups in total. The average molecular weight is 392 g/mol. The number of hydrogen-bond donors (Lipinski definition) is 2. The monoisotopic (exact) mass is 391 g/mol. The van der Waals surface area contributed by atoms with Crippen molar-refractivity contribution in [2.24, 2.45) is 21.5 Å². The Hall–Kier alpha value is -3.02. The molecule has 6 nitrogen and oxygen atoms in total. The Kier molecular flexibility index (Phi) is 5.69. The van der Waals surface area contributed by atoms with E-state index in [1.165, 1.54) is 12.0 Å². The SMILES string of the molecule is NC1=NC2(CCCCC2)N(c2cccc(OCCCc3ccccc3)c2)C(N)=N1. The third-order valence-corrected chi connectivity index (χ3v) is 5.65. The fourth-order valence-corrected chi connectivity index (χ4v) is 4.32. The maximum Gasteiger partial charge on any atom is 0.220 e. The van der Waals surface area contributed by atoms with E-state index in [-0.39, 0.29) is 5.96 Å². The van der Waals surface area contributed by atoms with Gasteiger partial charge in [0.25, 0.3) is 0 Å². The third-order valence-electron chi connectivity index (χ3n) is 5.65. The number of guanidine groups is 2. The van der Waals surface area contributed by atoms with Gasteiger partial charge in [-0.05, 0) is 56.2 Å². The molecule has 1 heterocycles. The van der Waals surface area contributed by atoms with Crippen LogP contribution in [0.4, 0.5) is 5.69 Å². The van der Waals surface area contributed by atoms with E-state index in [1.54, 1.807) is 0 Å². The summed E-state index contributed by atoms with van der Waals surface area (Å²) in [6.07, 6.45) is 7.24. The number of aliphatic imine (C=N–C) groups is 2. The van der Waals surface area contributed by atoms with Gasteiger partial charge in [0.05, 0.1) is 6.61 Å². The normalized spacial score (nSPS) is 18.3. The molecule has 1 aliphatic heterocycles. The van der Waals surface area contributed by atoms with Gasteiger partial charge < -0.3 is 16.2 Å². The molecular formula is C23H29N5O. The average Bonchev–Trinajstić information content (AvgIpc) is 2.72. The molecule has 6 heteroatoms.